The van der Waals surface area contributed by atoms with E-state index in [1.54, 1.807) is 6.08 Å². The van der Waals surface area contributed by atoms with Crippen LogP contribution in [0.5, 0.6) is 11.5 Å². The predicted molar refractivity (Wildman–Crippen MR) is 115 cm³/mol. The number of hydrogen-bond acceptors (Lipinski definition) is 5. The Hall–Kier alpha value is -3.08. The van der Waals surface area contributed by atoms with E-state index in [2.05, 4.69) is 0 Å². The number of phenols is 1. The van der Waals surface area contributed by atoms with Gasteiger partial charge in [-0.1, -0.05) is 35.8 Å². The van der Waals surface area contributed by atoms with E-state index in [0.29, 0.717) is 18.2 Å². The van der Waals surface area contributed by atoms with Crippen LogP contribution < -0.4 is 5.63 Å². The lowest BCUT2D eigenvalue weighted by atomic mass is 9.92. The van der Waals surface area contributed by atoms with Crippen molar-refractivity contribution < 1.29 is 19.4 Å². The van der Waals surface area contributed by atoms with Gasteiger partial charge in [0.1, 0.15) is 17.1 Å². The number of ketones is 1. The van der Waals surface area contributed by atoms with Crippen molar-refractivity contribution in [3.63, 3.8) is 0 Å². The minimum absolute atomic E-state index is 0.0397. The zero-order valence-electron chi connectivity index (χ0n) is 17.6. The molecule has 0 saturated heterocycles. The highest BCUT2D eigenvalue weighted by molar-refractivity contribution is 5.91. The Labute approximate surface area is 170 Å². The molecule has 2 rings (SSSR count). The van der Waals surface area contributed by atoms with Crippen molar-refractivity contribution in [3.05, 3.63) is 69.1 Å². The predicted octanol–water partition coefficient (Wildman–Crippen LogP) is 5.52. The third-order valence-electron chi connectivity index (χ3n) is 4.82. The minimum atomic E-state index is -0.625. The van der Waals surface area contributed by atoms with E-state index in [1.807, 2.05) is 46.8 Å². The van der Waals surface area contributed by atoms with Crippen LogP contribution in [0.25, 0.3) is 11.0 Å². The summed E-state index contributed by atoms with van der Waals surface area (Å²) in [5.41, 5.74) is 2.58. The van der Waals surface area contributed by atoms with E-state index in [4.69, 9.17) is 4.42 Å². The molecule has 2 N–H and O–H groups in total. The summed E-state index contributed by atoms with van der Waals surface area (Å²) in [4.78, 5) is 24.2. The first-order chi connectivity index (χ1) is 13.6. The highest BCUT2D eigenvalue weighted by Crippen LogP contribution is 2.35. The summed E-state index contributed by atoms with van der Waals surface area (Å²) in [5.74, 6) is -0.430. The molecule has 29 heavy (non-hydrogen) atoms. The zero-order valence-corrected chi connectivity index (χ0v) is 17.6. The molecule has 5 nitrogen and oxygen atoms in total. The van der Waals surface area contributed by atoms with Crippen LogP contribution in [0, 0.1) is 0 Å². The summed E-state index contributed by atoms with van der Waals surface area (Å²) < 4.78 is 5.29. The third kappa shape index (κ3) is 5.70. The van der Waals surface area contributed by atoms with Crippen LogP contribution in [-0.4, -0.2) is 16.0 Å². The first-order valence-corrected chi connectivity index (χ1v) is 9.58. The molecule has 0 bridgehead atoms. The Bertz CT molecular complexity index is 1060. The van der Waals surface area contributed by atoms with Gasteiger partial charge in [0.15, 0.2) is 5.78 Å². The first kappa shape index (κ1) is 22.2. The Morgan fingerprint density at radius 1 is 1.14 bits per heavy atom. The van der Waals surface area contributed by atoms with Gasteiger partial charge in [0.2, 0.25) is 0 Å². The van der Waals surface area contributed by atoms with Gasteiger partial charge in [-0.25, -0.2) is 4.79 Å². The lowest BCUT2D eigenvalue weighted by Gasteiger charge is -2.14. The average Bonchev–Trinajstić information content (AvgIpc) is 2.60. The SMILES string of the molecule is CC(C)=CC(=O)C/C(C)=C/C/C=C(\C)[C@H](C)c1c(O)c2ccc(O)cc2oc1=O. The van der Waals surface area contributed by atoms with Gasteiger partial charge in [-0.3, -0.25) is 4.79 Å². The highest BCUT2D eigenvalue weighted by atomic mass is 16.4. The number of rotatable bonds is 7. The molecule has 2 aromatic rings. The lowest BCUT2D eigenvalue weighted by Crippen LogP contribution is -2.12. The molecule has 1 heterocycles. The smallest absolute Gasteiger partial charge is 0.343 e. The number of aromatic hydroxyl groups is 2. The molecule has 1 aromatic heterocycles. The van der Waals surface area contributed by atoms with Crippen molar-refractivity contribution in [3.8, 4) is 11.5 Å². The van der Waals surface area contributed by atoms with Crippen molar-refractivity contribution in [1.29, 1.82) is 0 Å². The average molecular weight is 396 g/mol. The van der Waals surface area contributed by atoms with Crippen LogP contribution in [0.2, 0.25) is 0 Å². The van der Waals surface area contributed by atoms with Gasteiger partial charge in [0.25, 0.3) is 0 Å². The first-order valence-electron chi connectivity index (χ1n) is 9.58. The van der Waals surface area contributed by atoms with Gasteiger partial charge in [-0.2, -0.15) is 0 Å². The maximum absolute atomic E-state index is 12.4. The van der Waals surface area contributed by atoms with E-state index in [-0.39, 0.29) is 34.3 Å². The Balaban J connectivity index is 2.21. The standard InChI is InChI=1S/C24H28O5/c1-14(2)11-19(26)12-15(3)7-6-8-16(4)17(5)22-23(27)20-10-9-18(25)13-21(20)29-24(22)28/h7-11,13,17,25,27H,6,12H2,1-5H3/b15-7+,16-8+/t17-/m0/s1. The van der Waals surface area contributed by atoms with E-state index in [9.17, 15) is 19.8 Å². The summed E-state index contributed by atoms with van der Waals surface area (Å²) in [7, 11) is 0. The van der Waals surface area contributed by atoms with Gasteiger partial charge < -0.3 is 14.6 Å². The minimum Gasteiger partial charge on any atom is -0.508 e. The summed E-state index contributed by atoms with van der Waals surface area (Å²) in [6.07, 6.45) is 6.60. The van der Waals surface area contributed by atoms with Crippen molar-refractivity contribution in [2.24, 2.45) is 0 Å². The molecule has 0 unspecified atom stereocenters. The molecule has 0 amide bonds. The number of allylic oxidation sites excluding steroid dienone is 6. The summed E-state index contributed by atoms with van der Waals surface area (Å²) >= 11 is 0. The lowest BCUT2D eigenvalue weighted by molar-refractivity contribution is -0.114. The maximum atomic E-state index is 12.4. The molecule has 0 spiro atoms. The molecule has 154 valence electrons. The quantitative estimate of drug-likeness (QED) is 0.366. The third-order valence-corrected chi connectivity index (χ3v) is 4.82. The largest absolute Gasteiger partial charge is 0.508 e. The van der Waals surface area contributed by atoms with Gasteiger partial charge >= 0.3 is 5.63 Å². The van der Waals surface area contributed by atoms with Gasteiger partial charge in [-0.15, -0.1) is 0 Å². The van der Waals surface area contributed by atoms with Crippen LogP contribution in [0.15, 0.2) is 62.4 Å². The van der Waals surface area contributed by atoms with Gasteiger partial charge in [0.05, 0.1) is 10.9 Å². The molecule has 0 aliphatic rings. The molecule has 0 fully saturated rings. The number of phenolic OH excluding ortho intramolecular Hbond substituents is 1. The molecular formula is C24H28O5. The van der Waals surface area contributed by atoms with E-state index in [0.717, 1.165) is 16.7 Å². The van der Waals surface area contributed by atoms with Crippen molar-refractivity contribution in [2.45, 2.75) is 53.4 Å². The Kier molecular flexibility index (Phi) is 7.21. The van der Waals surface area contributed by atoms with E-state index >= 15 is 0 Å². The van der Waals surface area contributed by atoms with Crippen molar-refractivity contribution in [2.75, 3.05) is 0 Å². The molecule has 1 atom stereocenters. The van der Waals surface area contributed by atoms with Gasteiger partial charge in [0, 0.05) is 18.4 Å². The van der Waals surface area contributed by atoms with Crippen LogP contribution in [0.1, 0.15) is 58.9 Å². The van der Waals surface area contributed by atoms with Crippen molar-refractivity contribution in [1.82, 2.24) is 0 Å². The second-order valence-corrected chi connectivity index (χ2v) is 7.65. The van der Waals surface area contributed by atoms with Crippen LogP contribution in [0.3, 0.4) is 0 Å². The number of hydrogen-bond donors (Lipinski definition) is 2. The molecular weight excluding hydrogens is 368 g/mol. The number of benzene rings is 1. The topological polar surface area (TPSA) is 87.7 Å². The molecule has 0 aliphatic carbocycles. The second-order valence-electron chi connectivity index (χ2n) is 7.65. The van der Waals surface area contributed by atoms with Crippen LogP contribution in [-0.2, 0) is 4.79 Å². The maximum Gasteiger partial charge on any atom is 0.343 e. The summed E-state index contributed by atoms with van der Waals surface area (Å²) in [6, 6.07) is 4.26. The van der Waals surface area contributed by atoms with Crippen LogP contribution in [0.4, 0.5) is 0 Å². The molecule has 0 saturated carbocycles. The Morgan fingerprint density at radius 2 is 1.83 bits per heavy atom. The van der Waals surface area contributed by atoms with Crippen LogP contribution >= 0.6 is 0 Å². The highest BCUT2D eigenvalue weighted by Gasteiger charge is 2.21. The number of carbonyl (C=O) groups is 1. The Morgan fingerprint density at radius 3 is 2.48 bits per heavy atom. The van der Waals surface area contributed by atoms with E-state index in [1.165, 1.54) is 18.2 Å². The number of fused-ring (bicyclic) bond motifs is 1. The fraction of sp³-hybridized carbons (Fsp3) is 0.333. The summed E-state index contributed by atoms with van der Waals surface area (Å²) in [6.45, 7) is 9.43. The molecule has 0 aliphatic heterocycles. The van der Waals surface area contributed by atoms with Crippen molar-refractivity contribution >= 4 is 16.8 Å². The van der Waals surface area contributed by atoms with Gasteiger partial charge in [-0.05, 0) is 52.3 Å². The zero-order chi connectivity index (χ0) is 21.7. The fourth-order valence-electron chi connectivity index (χ4n) is 3.14. The molecule has 1 aromatic carbocycles. The second kappa shape index (κ2) is 9.41. The normalized spacial score (nSPS) is 13.4. The summed E-state index contributed by atoms with van der Waals surface area (Å²) in [5, 5.41) is 20.5. The number of carbonyl (C=O) groups excluding carboxylic acids is 1. The molecule has 5 heteroatoms. The molecule has 0 radical (unpaired) electrons. The fourth-order valence-corrected chi connectivity index (χ4v) is 3.14. The van der Waals surface area contributed by atoms with E-state index < -0.39 is 5.63 Å². The monoisotopic (exact) mass is 396 g/mol.